The summed E-state index contributed by atoms with van der Waals surface area (Å²) in [6, 6.07) is 21.0. The van der Waals surface area contributed by atoms with Gasteiger partial charge >= 0.3 is 5.97 Å². The zero-order valence-corrected chi connectivity index (χ0v) is 31.2. The van der Waals surface area contributed by atoms with Crippen LogP contribution in [0.1, 0.15) is 57.0 Å². The van der Waals surface area contributed by atoms with Crippen LogP contribution in [-0.2, 0) is 26.9 Å². The number of aromatic carboxylic acids is 1. The molecule has 294 valence electrons. The number of aryl methyl sites for hydroxylation is 2. The molecular formula is C41H40N6O10. The Kier molecular flexibility index (Phi) is 11.5. The van der Waals surface area contributed by atoms with Crippen molar-refractivity contribution in [3.05, 3.63) is 107 Å². The van der Waals surface area contributed by atoms with Crippen LogP contribution < -0.4 is 9.47 Å². The summed E-state index contributed by atoms with van der Waals surface area (Å²) in [6.07, 6.45) is 1.54. The summed E-state index contributed by atoms with van der Waals surface area (Å²) >= 11 is 0. The first kappa shape index (κ1) is 38.6. The molecule has 0 saturated carbocycles. The van der Waals surface area contributed by atoms with E-state index in [-0.39, 0.29) is 44.4 Å². The van der Waals surface area contributed by atoms with Crippen molar-refractivity contribution in [3.63, 3.8) is 0 Å². The molecule has 0 spiro atoms. The number of carbonyl (C=O) groups excluding carboxylic acids is 1. The van der Waals surface area contributed by atoms with Crippen LogP contribution in [0.15, 0.2) is 81.6 Å². The van der Waals surface area contributed by atoms with E-state index >= 15 is 0 Å². The Morgan fingerprint density at radius 2 is 1.11 bits per heavy atom. The number of aliphatic hydroxyl groups excluding tert-OH is 3. The van der Waals surface area contributed by atoms with E-state index in [2.05, 4.69) is 19.9 Å². The highest BCUT2D eigenvalue weighted by Gasteiger charge is 2.17. The summed E-state index contributed by atoms with van der Waals surface area (Å²) in [5.74, 6) is 2.74. The molecule has 0 unspecified atom stereocenters. The third-order valence-electron chi connectivity index (χ3n) is 9.22. The van der Waals surface area contributed by atoms with Gasteiger partial charge in [0, 0.05) is 44.8 Å². The molecule has 57 heavy (non-hydrogen) atoms. The minimum Gasteiger partial charge on any atom is -0.491 e. The Balaban J connectivity index is 0.000000175. The number of carboxylic acid groups (broad SMARTS) is 1. The number of aromatic nitrogens is 6. The molecular weight excluding hydrogens is 736 g/mol. The van der Waals surface area contributed by atoms with Gasteiger partial charge in [0.05, 0.1) is 53.7 Å². The zero-order valence-electron chi connectivity index (χ0n) is 31.2. The number of carboxylic acids is 1. The largest absolute Gasteiger partial charge is 0.491 e. The highest BCUT2D eigenvalue weighted by atomic mass is 16.5. The number of nitrogens with zero attached hydrogens (tertiary/aromatic N) is 6. The quantitative estimate of drug-likeness (QED) is 0.101. The van der Waals surface area contributed by atoms with Gasteiger partial charge < -0.3 is 47.9 Å². The lowest BCUT2D eigenvalue weighted by molar-refractivity contribution is 0.0696. The summed E-state index contributed by atoms with van der Waals surface area (Å²) in [5.41, 5.74) is 6.52. The maximum absolute atomic E-state index is 12.2. The lowest BCUT2D eigenvalue weighted by Gasteiger charge is -2.02. The average molecular weight is 777 g/mol. The second-order valence-corrected chi connectivity index (χ2v) is 13.1. The van der Waals surface area contributed by atoms with E-state index in [0.717, 1.165) is 33.7 Å². The predicted molar refractivity (Wildman–Crippen MR) is 208 cm³/mol. The van der Waals surface area contributed by atoms with Crippen molar-refractivity contribution < 1.29 is 48.3 Å². The summed E-state index contributed by atoms with van der Waals surface area (Å²) in [6.45, 7) is 0.319. The molecule has 0 radical (unpaired) electrons. The number of imidazole rings is 2. The van der Waals surface area contributed by atoms with E-state index in [0.29, 0.717) is 76.7 Å². The number of ketones is 1. The first-order valence-corrected chi connectivity index (χ1v) is 18.2. The molecule has 8 aromatic rings. The Morgan fingerprint density at radius 3 is 1.58 bits per heavy atom. The molecule has 0 fully saturated rings. The highest BCUT2D eigenvalue weighted by molar-refractivity contribution is 5.99. The van der Waals surface area contributed by atoms with Gasteiger partial charge in [-0.05, 0) is 67.1 Å². The SMILES string of the molecule is Cn1c(Cc2nc3ccc(OCCO)cc3o2)nc2cc(C(=O)CCCO)ccc21.Cn1c(Cc2nc3ccc(OCCO)cc3o2)nc2cc(C(=O)O)ccc21. The normalized spacial score (nSPS) is 11.4. The van der Waals surface area contributed by atoms with Crippen LogP contribution in [0.4, 0.5) is 0 Å². The molecule has 0 amide bonds. The number of benzene rings is 4. The van der Waals surface area contributed by atoms with Crippen LogP contribution in [0.5, 0.6) is 11.5 Å². The average Bonchev–Trinajstić information content (AvgIpc) is 3.97. The van der Waals surface area contributed by atoms with Gasteiger partial charge in [0.1, 0.15) is 47.4 Å². The maximum atomic E-state index is 12.2. The van der Waals surface area contributed by atoms with Crippen molar-refractivity contribution in [2.75, 3.05) is 33.0 Å². The molecule has 4 aromatic heterocycles. The van der Waals surface area contributed by atoms with Crippen molar-refractivity contribution in [1.82, 2.24) is 29.1 Å². The Hall–Kier alpha value is -6.62. The van der Waals surface area contributed by atoms with Crippen LogP contribution in [0.2, 0.25) is 0 Å². The number of fused-ring (bicyclic) bond motifs is 4. The van der Waals surface area contributed by atoms with Crippen molar-refractivity contribution in [2.24, 2.45) is 14.1 Å². The lowest BCUT2D eigenvalue weighted by Crippen LogP contribution is -2.01. The molecule has 0 aliphatic carbocycles. The fraction of sp³-hybridized carbons (Fsp3) is 0.268. The summed E-state index contributed by atoms with van der Waals surface area (Å²) < 4.78 is 26.3. The van der Waals surface area contributed by atoms with Crippen molar-refractivity contribution in [1.29, 1.82) is 0 Å². The number of hydrogen-bond donors (Lipinski definition) is 4. The van der Waals surface area contributed by atoms with Crippen molar-refractivity contribution >= 4 is 56.0 Å². The zero-order chi connectivity index (χ0) is 40.1. The molecule has 0 atom stereocenters. The van der Waals surface area contributed by atoms with E-state index in [1.165, 1.54) is 0 Å². The molecule has 4 N–H and O–H groups in total. The van der Waals surface area contributed by atoms with Crippen molar-refractivity contribution in [3.8, 4) is 11.5 Å². The molecule has 16 nitrogen and oxygen atoms in total. The van der Waals surface area contributed by atoms with E-state index in [9.17, 15) is 9.59 Å². The van der Waals surface area contributed by atoms with Crippen LogP contribution in [0, 0.1) is 0 Å². The molecule has 4 aromatic carbocycles. The topological polar surface area (TPSA) is 221 Å². The number of oxazole rings is 2. The van der Waals surface area contributed by atoms with Gasteiger partial charge in [0.15, 0.2) is 16.9 Å². The van der Waals surface area contributed by atoms with Gasteiger partial charge in [-0.1, -0.05) is 0 Å². The van der Waals surface area contributed by atoms with Crippen LogP contribution in [-0.4, -0.2) is 94.3 Å². The number of carbonyl (C=O) groups is 2. The molecule has 0 bridgehead atoms. The van der Waals surface area contributed by atoms with Crippen molar-refractivity contribution in [2.45, 2.75) is 25.7 Å². The first-order chi connectivity index (χ1) is 27.6. The van der Waals surface area contributed by atoms with Gasteiger partial charge in [-0.25, -0.2) is 24.7 Å². The first-order valence-electron chi connectivity index (χ1n) is 18.2. The Bertz CT molecular complexity index is 2710. The molecule has 4 heterocycles. The predicted octanol–water partition coefficient (Wildman–Crippen LogP) is 5.01. The van der Waals surface area contributed by atoms with Gasteiger partial charge in [0.25, 0.3) is 0 Å². The number of Topliss-reactive ketones (excluding diaryl/α,β-unsaturated/α-hetero) is 1. The molecule has 8 rings (SSSR count). The molecule has 0 saturated heterocycles. The van der Waals surface area contributed by atoms with Crippen LogP contribution in [0.25, 0.3) is 44.3 Å². The fourth-order valence-corrected chi connectivity index (χ4v) is 6.34. The third kappa shape index (κ3) is 8.62. The standard InChI is InChI=1S/C22H23N3O5.C19H17N3O5/c1-25-18-7-4-14(19(28)3-2-8-26)11-17(18)23-21(25)13-22-24-16-6-5-15(29-10-9-27)12-20(16)30-22;1-22-15-5-2-11(19(24)25)8-14(15)20-17(22)10-18-21-13-4-3-12(26-7-6-23)9-16(13)27-18/h4-7,11-12,26-27H,2-3,8-10,13H2,1H3;2-5,8-9,23H,6-7,10H2,1H3,(H,24,25). The highest BCUT2D eigenvalue weighted by Crippen LogP contribution is 2.26. The minimum absolute atomic E-state index is 0.00126. The number of hydrogen-bond acceptors (Lipinski definition) is 13. The van der Waals surface area contributed by atoms with Gasteiger partial charge in [-0.2, -0.15) is 0 Å². The fourth-order valence-electron chi connectivity index (χ4n) is 6.34. The molecule has 16 heteroatoms. The van der Waals surface area contributed by atoms with Gasteiger partial charge in [-0.15, -0.1) is 0 Å². The maximum Gasteiger partial charge on any atom is 0.335 e. The Morgan fingerprint density at radius 1 is 0.614 bits per heavy atom. The van der Waals surface area contributed by atoms with Crippen LogP contribution in [0.3, 0.4) is 0 Å². The smallest absolute Gasteiger partial charge is 0.335 e. The van der Waals surface area contributed by atoms with E-state index in [4.69, 9.17) is 38.7 Å². The number of ether oxygens (including phenoxy) is 2. The number of aliphatic hydroxyl groups is 3. The summed E-state index contributed by atoms with van der Waals surface area (Å²) in [5, 5.41) is 35.8. The van der Waals surface area contributed by atoms with Gasteiger partial charge in [-0.3, -0.25) is 4.79 Å². The van der Waals surface area contributed by atoms with E-state index in [1.54, 1.807) is 60.7 Å². The van der Waals surface area contributed by atoms with Crippen LogP contribution >= 0.6 is 0 Å². The van der Waals surface area contributed by atoms with E-state index in [1.807, 2.05) is 35.4 Å². The summed E-state index contributed by atoms with van der Waals surface area (Å²) in [7, 11) is 3.79. The van der Waals surface area contributed by atoms with Gasteiger partial charge in [0.2, 0.25) is 11.8 Å². The Labute approximate surface area is 324 Å². The minimum atomic E-state index is -0.984. The monoisotopic (exact) mass is 776 g/mol. The molecule has 0 aliphatic heterocycles. The third-order valence-corrected chi connectivity index (χ3v) is 9.22. The second kappa shape index (κ2) is 17.0. The molecule has 0 aliphatic rings. The second-order valence-electron chi connectivity index (χ2n) is 13.1. The van der Waals surface area contributed by atoms with E-state index < -0.39 is 5.97 Å². The lowest BCUT2D eigenvalue weighted by atomic mass is 10.1. The number of rotatable bonds is 15. The summed E-state index contributed by atoms with van der Waals surface area (Å²) in [4.78, 5) is 41.5.